The van der Waals surface area contributed by atoms with E-state index in [9.17, 15) is 4.79 Å². The fourth-order valence-electron chi connectivity index (χ4n) is 3.08. The number of carbonyl (C=O) groups excluding carboxylic acids is 1. The van der Waals surface area contributed by atoms with Gasteiger partial charge in [-0.25, -0.2) is 14.6 Å². The number of benzene rings is 2. The Bertz CT molecular complexity index is 1040. The zero-order valence-electron chi connectivity index (χ0n) is 18.1. The molecule has 1 heterocycles. The number of rotatable bonds is 6. The number of carbonyl (C=O) groups is 3. The van der Waals surface area contributed by atoms with E-state index in [0.29, 0.717) is 6.54 Å². The molecule has 0 aliphatic heterocycles. The molecule has 0 saturated carbocycles. The van der Waals surface area contributed by atoms with Crippen LogP contribution in [0.1, 0.15) is 22.3 Å². The van der Waals surface area contributed by atoms with Gasteiger partial charge in [0.05, 0.1) is 12.9 Å². The minimum atomic E-state index is -1.82. The Hall–Kier alpha value is -3.98. The highest BCUT2D eigenvalue weighted by Crippen LogP contribution is 2.21. The van der Waals surface area contributed by atoms with E-state index >= 15 is 0 Å². The first-order valence-electron chi connectivity index (χ1n) is 9.79. The molecule has 2 aromatic carbocycles. The minimum absolute atomic E-state index is 0.0323. The van der Waals surface area contributed by atoms with Crippen LogP contribution in [0.2, 0.25) is 0 Å². The van der Waals surface area contributed by atoms with Crippen LogP contribution in [0.4, 0.5) is 5.69 Å². The van der Waals surface area contributed by atoms with Crippen molar-refractivity contribution in [1.29, 1.82) is 0 Å². The highest BCUT2D eigenvalue weighted by molar-refractivity contribution is 6.27. The maximum Gasteiger partial charge on any atom is 0.414 e. The summed E-state index contributed by atoms with van der Waals surface area (Å²) in [6.45, 7) is 7.01. The number of hydrogen-bond acceptors (Lipinski definition) is 5. The molecule has 0 spiro atoms. The number of aromatic nitrogens is 2. The minimum Gasteiger partial charge on any atom is -0.473 e. The molecule has 0 radical (unpaired) electrons. The van der Waals surface area contributed by atoms with Crippen molar-refractivity contribution in [2.24, 2.45) is 0 Å². The standard InChI is InChI=1S/C21H24N4O.C2H2O4/c1-15-10-16(2)21(17(3)11-15)24-20(26)13-23-12-18-4-6-19(7-5-18)25-9-8-22-14-25;3-1(4)2(5)6/h4-11,14,23H,12-13H2,1-3H3,(H,24,26);(H,3,4)(H,5,6). The largest absolute Gasteiger partial charge is 0.473 e. The molecule has 0 aliphatic rings. The van der Waals surface area contributed by atoms with Crippen LogP contribution in [0.25, 0.3) is 5.69 Å². The Morgan fingerprint density at radius 1 is 0.969 bits per heavy atom. The summed E-state index contributed by atoms with van der Waals surface area (Å²) in [6, 6.07) is 12.3. The predicted octanol–water partition coefficient (Wildman–Crippen LogP) is 2.68. The first-order chi connectivity index (χ1) is 15.2. The summed E-state index contributed by atoms with van der Waals surface area (Å²) in [4.78, 5) is 34.5. The zero-order valence-corrected chi connectivity index (χ0v) is 18.1. The van der Waals surface area contributed by atoms with Crippen molar-refractivity contribution in [2.75, 3.05) is 11.9 Å². The zero-order chi connectivity index (χ0) is 23.7. The molecule has 0 bridgehead atoms. The predicted molar refractivity (Wildman–Crippen MR) is 120 cm³/mol. The average Bonchev–Trinajstić information content (AvgIpc) is 3.26. The number of amides is 1. The Morgan fingerprint density at radius 2 is 1.56 bits per heavy atom. The van der Waals surface area contributed by atoms with E-state index in [1.165, 1.54) is 5.56 Å². The molecule has 0 unspecified atom stereocenters. The lowest BCUT2D eigenvalue weighted by atomic mass is 10.1. The van der Waals surface area contributed by atoms with Crippen molar-refractivity contribution >= 4 is 23.5 Å². The number of carboxylic acids is 2. The molecule has 1 aromatic heterocycles. The summed E-state index contributed by atoms with van der Waals surface area (Å²) in [5, 5.41) is 21.0. The van der Waals surface area contributed by atoms with Gasteiger partial charge in [0, 0.05) is 30.3 Å². The van der Waals surface area contributed by atoms with E-state index in [-0.39, 0.29) is 12.5 Å². The summed E-state index contributed by atoms with van der Waals surface area (Å²) in [7, 11) is 0. The monoisotopic (exact) mass is 438 g/mol. The van der Waals surface area contributed by atoms with Crippen molar-refractivity contribution < 1.29 is 24.6 Å². The second-order valence-electron chi connectivity index (χ2n) is 7.17. The van der Waals surface area contributed by atoms with Crippen LogP contribution in [0, 0.1) is 20.8 Å². The molecule has 3 aromatic rings. The topological polar surface area (TPSA) is 134 Å². The fourth-order valence-corrected chi connectivity index (χ4v) is 3.08. The molecular formula is C23H26N4O5. The molecule has 0 atom stereocenters. The van der Waals surface area contributed by atoms with E-state index < -0.39 is 11.9 Å². The molecule has 1 amide bonds. The lowest BCUT2D eigenvalue weighted by Gasteiger charge is -2.13. The van der Waals surface area contributed by atoms with Crippen LogP contribution >= 0.6 is 0 Å². The third kappa shape index (κ3) is 7.37. The Morgan fingerprint density at radius 3 is 2.06 bits per heavy atom. The van der Waals surface area contributed by atoms with Gasteiger partial charge in [-0.15, -0.1) is 0 Å². The Balaban J connectivity index is 0.000000534. The second-order valence-corrected chi connectivity index (χ2v) is 7.17. The maximum atomic E-state index is 12.2. The Labute approximate surface area is 185 Å². The fraction of sp³-hybridized carbons (Fsp3) is 0.217. The van der Waals surface area contributed by atoms with Crippen LogP contribution in [-0.4, -0.2) is 44.2 Å². The van der Waals surface area contributed by atoms with E-state index in [0.717, 1.165) is 28.1 Å². The lowest BCUT2D eigenvalue weighted by molar-refractivity contribution is -0.159. The summed E-state index contributed by atoms with van der Waals surface area (Å²) in [5.74, 6) is -3.68. The smallest absolute Gasteiger partial charge is 0.414 e. The van der Waals surface area contributed by atoms with Crippen molar-refractivity contribution in [3.05, 3.63) is 77.4 Å². The van der Waals surface area contributed by atoms with Gasteiger partial charge in [-0.1, -0.05) is 29.8 Å². The quantitative estimate of drug-likeness (QED) is 0.435. The number of carboxylic acid groups (broad SMARTS) is 2. The van der Waals surface area contributed by atoms with Gasteiger partial charge >= 0.3 is 11.9 Å². The van der Waals surface area contributed by atoms with Crippen LogP contribution < -0.4 is 10.6 Å². The Kier molecular flexibility index (Phi) is 8.67. The van der Waals surface area contributed by atoms with Crippen LogP contribution in [0.15, 0.2) is 55.1 Å². The molecule has 4 N–H and O–H groups in total. The molecule has 9 heteroatoms. The summed E-state index contributed by atoms with van der Waals surface area (Å²) >= 11 is 0. The summed E-state index contributed by atoms with van der Waals surface area (Å²) in [6.07, 6.45) is 5.44. The van der Waals surface area contributed by atoms with Gasteiger partial charge in [0.25, 0.3) is 0 Å². The van der Waals surface area contributed by atoms with Crippen LogP contribution in [-0.2, 0) is 20.9 Å². The molecule has 9 nitrogen and oxygen atoms in total. The van der Waals surface area contributed by atoms with Gasteiger partial charge in [-0.05, 0) is 49.6 Å². The number of aliphatic carboxylic acids is 2. The number of imidazole rings is 1. The highest BCUT2D eigenvalue weighted by atomic mass is 16.4. The van der Waals surface area contributed by atoms with Gasteiger partial charge in [-0.2, -0.15) is 0 Å². The maximum absolute atomic E-state index is 12.2. The molecule has 0 fully saturated rings. The van der Waals surface area contributed by atoms with Crippen molar-refractivity contribution in [3.8, 4) is 5.69 Å². The molecule has 32 heavy (non-hydrogen) atoms. The first kappa shape index (κ1) is 24.3. The van der Waals surface area contributed by atoms with Gasteiger partial charge in [0.2, 0.25) is 5.91 Å². The summed E-state index contributed by atoms with van der Waals surface area (Å²) < 4.78 is 1.96. The molecule has 0 aliphatic carbocycles. The van der Waals surface area contributed by atoms with Crippen LogP contribution in [0.3, 0.4) is 0 Å². The number of hydrogen-bond donors (Lipinski definition) is 4. The van der Waals surface area contributed by atoms with E-state index in [1.54, 1.807) is 12.5 Å². The molecule has 168 valence electrons. The number of anilines is 1. The SMILES string of the molecule is Cc1cc(C)c(NC(=O)CNCc2ccc(-n3ccnc3)cc2)c(C)c1.O=C(O)C(=O)O. The van der Waals surface area contributed by atoms with Crippen molar-refractivity contribution in [2.45, 2.75) is 27.3 Å². The average molecular weight is 438 g/mol. The van der Waals surface area contributed by atoms with Gasteiger partial charge in [0.1, 0.15) is 0 Å². The molecule has 0 saturated heterocycles. The lowest BCUT2D eigenvalue weighted by Crippen LogP contribution is -2.28. The van der Waals surface area contributed by atoms with E-state index in [2.05, 4.69) is 46.8 Å². The summed E-state index contributed by atoms with van der Waals surface area (Å²) in [5.41, 5.74) is 6.48. The highest BCUT2D eigenvalue weighted by Gasteiger charge is 2.08. The normalized spacial score (nSPS) is 10.1. The van der Waals surface area contributed by atoms with E-state index in [4.69, 9.17) is 19.8 Å². The third-order valence-corrected chi connectivity index (χ3v) is 4.48. The van der Waals surface area contributed by atoms with Gasteiger partial charge < -0.3 is 25.4 Å². The number of nitrogens with zero attached hydrogens (tertiary/aromatic N) is 2. The van der Waals surface area contributed by atoms with Crippen LogP contribution in [0.5, 0.6) is 0 Å². The molecule has 3 rings (SSSR count). The van der Waals surface area contributed by atoms with Gasteiger partial charge in [0.15, 0.2) is 0 Å². The first-order valence-corrected chi connectivity index (χ1v) is 9.79. The number of aryl methyl sites for hydroxylation is 3. The van der Waals surface area contributed by atoms with Crippen molar-refractivity contribution in [1.82, 2.24) is 14.9 Å². The van der Waals surface area contributed by atoms with Gasteiger partial charge in [-0.3, -0.25) is 4.79 Å². The molecular weight excluding hydrogens is 412 g/mol. The third-order valence-electron chi connectivity index (χ3n) is 4.48. The van der Waals surface area contributed by atoms with Crippen molar-refractivity contribution in [3.63, 3.8) is 0 Å². The second kappa shape index (κ2) is 11.4. The number of nitrogens with one attached hydrogen (secondary N) is 2. The van der Waals surface area contributed by atoms with E-state index in [1.807, 2.05) is 36.7 Å².